The van der Waals surface area contributed by atoms with Gasteiger partial charge < -0.3 is 19.4 Å². The van der Waals surface area contributed by atoms with Crippen molar-refractivity contribution in [2.75, 3.05) is 65.4 Å². The Morgan fingerprint density at radius 2 is 1.70 bits per heavy atom. The second-order valence-corrected chi connectivity index (χ2v) is 9.37. The van der Waals surface area contributed by atoms with Crippen LogP contribution in [0.5, 0.6) is 0 Å². The van der Waals surface area contributed by atoms with Gasteiger partial charge in [0.2, 0.25) is 0 Å². The fourth-order valence-corrected chi connectivity index (χ4v) is 5.13. The molecule has 0 radical (unpaired) electrons. The summed E-state index contributed by atoms with van der Waals surface area (Å²) in [4.78, 5) is 22.0. The number of benzene rings is 1. The smallest absolute Gasteiger partial charge is 0.410 e. The normalized spacial score (nSPS) is 23.3. The van der Waals surface area contributed by atoms with Crippen molar-refractivity contribution >= 4 is 6.09 Å². The first-order valence-electron chi connectivity index (χ1n) is 11.8. The van der Waals surface area contributed by atoms with Gasteiger partial charge in [0, 0.05) is 65.2 Å². The van der Waals surface area contributed by atoms with Crippen molar-refractivity contribution in [1.82, 2.24) is 19.6 Å². The maximum absolute atomic E-state index is 12.5. The summed E-state index contributed by atoms with van der Waals surface area (Å²) in [6.45, 7) is 15.8. The van der Waals surface area contributed by atoms with Crippen molar-refractivity contribution < 1.29 is 9.53 Å². The molecule has 0 aromatic heterocycles. The predicted octanol–water partition coefficient (Wildman–Crippen LogP) is 2.81. The first kappa shape index (κ1) is 21.6. The number of hydrogen-bond acceptors (Lipinski definition) is 5. The number of piperazine rings is 1. The van der Waals surface area contributed by atoms with E-state index in [1.807, 2.05) is 4.90 Å². The molecule has 1 amide bonds. The van der Waals surface area contributed by atoms with E-state index in [9.17, 15) is 4.79 Å². The van der Waals surface area contributed by atoms with Gasteiger partial charge in [-0.2, -0.15) is 0 Å². The van der Waals surface area contributed by atoms with Gasteiger partial charge >= 0.3 is 6.09 Å². The lowest BCUT2D eigenvalue weighted by Crippen LogP contribution is -2.47. The number of aryl methyl sites for hydroxylation is 1. The lowest BCUT2D eigenvalue weighted by Gasteiger charge is -2.37. The van der Waals surface area contributed by atoms with Crippen LogP contribution >= 0.6 is 0 Å². The van der Waals surface area contributed by atoms with E-state index in [1.165, 1.54) is 24.2 Å². The summed E-state index contributed by atoms with van der Waals surface area (Å²) in [6, 6.07) is 8.75. The standard InChI is InChI=1S/C24H38N4O2/c1-3-25-14-16-26(17-15-25)10-5-11-28-20-24(30-23(28)29)8-12-27(13-9-24)19-22-7-4-6-21(2)18-22/h4,6-7,18H,3,5,8-17,19-20H2,1-2H3. The molecule has 30 heavy (non-hydrogen) atoms. The highest BCUT2D eigenvalue weighted by atomic mass is 16.6. The fourth-order valence-electron chi connectivity index (χ4n) is 5.13. The molecular weight excluding hydrogens is 376 g/mol. The lowest BCUT2D eigenvalue weighted by molar-refractivity contribution is -0.00125. The molecule has 0 aliphatic carbocycles. The molecule has 3 aliphatic heterocycles. The molecule has 0 unspecified atom stereocenters. The van der Waals surface area contributed by atoms with E-state index in [4.69, 9.17) is 4.74 Å². The van der Waals surface area contributed by atoms with Gasteiger partial charge in [0.15, 0.2) is 0 Å². The van der Waals surface area contributed by atoms with Crippen molar-refractivity contribution in [2.24, 2.45) is 0 Å². The van der Waals surface area contributed by atoms with Gasteiger partial charge in [-0.3, -0.25) is 4.90 Å². The zero-order valence-corrected chi connectivity index (χ0v) is 18.8. The van der Waals surface area contributed by atoms with Crippen LogP contribution in [0.2, 0.25) is 0 Å². The number of carbonyl (C=O) groups excluding carboxylic acids is 1. The summed E-state index contributed by atoms with van der Waals surface area (Å²) in [5, 5.41) is 0. The van der Waals surface area contributed by atoms with E-state index in [-0.39, 0.29) is 11.7 Å². The van der Waals surface area contributed by atoms with Crippen LogP contribution in [0.1, 0.15) is 37.3 Å². The number of carbonyl (C=O) groups is 1. The number of amides is 1. The van der Waals surface area contributed by atoms with Crippen LogP contribution in [0.3, 0.4) is 0 Å². The second kappa shape index (κ2) is 9.67. The maximum Gasteiger partial charge on any atom is 0.410 e. The lowest BCUT2D eigenvalue weighted by atomic mass is 9.91. The summed E-state index contributed by atoms with van der Waals surface area (Å²) in [7, 11) is 0. The molecule has 1 aromatic carbocycles. The van der Waals surface area contributed by atoms with Crippen LogP contribution in [0, 0.1) is 6.92 Å². The molecule has 0 bridgehead atoms. The third kappa shape index (κ3) is 5.34. The molecule has 1 spiro atoms. The van der Waals surface area contributed by atoms with E-state index in [1.54, 1.807) is 0 Å². The quantitative estimate of drug-likeness (QED) is 0.686. The van der Waals surface area contributed by atoms with E-state index < -0.39 is 0 Å². The zero-order valence-electron chi connectivity index (χ0n) is 18.8. The minimum absolute atomic E-state index is 0.0991. The molecule has 3 fully saturated rings. The number of ether oxygens (including phenoxy) is 1. The highest BCUT2D eigenvalue weighted by Crippen LogP contribution is 2.33. The highest BCUT2D eigenvalue weighted by molar-refractivity contribution is 5.70. The van der Waals surface area contributed by atoms with Gasteiger partial charge in [-0.15, -0.1) is 0 Å². The SMILES string of the molecule is CCN1CCN(CCCN2CC3(CCN(Cc4cccc(C)c4)CC3)OC2=O)CC1. The zero-order chi connectivity index (χ0) is 21.0. The Morgan fingerprint density at radius 1 is 0.967 bits per heavy atom. The number of piperidine rings is 1. The largest absolute Gasteiger partial charge is 0.441 e. The summed E-state index contributed by atoms with van der Waals surface area (Å²) in [6.07, 6.45) is 2.83. The van der Waals surface area contributed by atoms with Gasteiger partial charge in [0.05, 0.1) is 6.54 Å². The van der Waals surface area contributed by atoms with Crippen LogP contribution in [-0.4, -0.2) is 96.7 Å². The van der Waals surface area contributed by atoms with Gasteiger partial charge in [0.25, 0.3) is 0 Å². The van der Waals surface area contributed by atoms with Crippen LogP contribution < -0.4 is 0 Å². The summed E-state index contributed by atoms with van der Waals surface area (Å²) in [5.74, 6) is 0. The molecule has 3 saturated heterocycles. The van der Waals surface area contributed by atoms with Crippen molar-refractivity contribution in [2.45, 2.75) is 45.3 Å². The van der Waals surface area contributed by atoms with Crippen molar-refractivity contribution in [3.63, 3.8) is 0 Å². The first-order chi connectivity index (χ1) is 14.5. The van der Waals surface area contributed by atoms with Crippen LogP contribution in [0.4, 0.5) is 4.79 Å². The molecule has 4 rings (SSSR count). The van der Waals surface area contributed by atoms with Crippen molar-refractivity contribution in [1.29, 1.82) is 0 Å². The monoisotopic (exact) mass is 414 g/mol. The van der Waals surface area contributed by atoms with Crippen LogP contribution in [-0.2, 0) is 11.3 Å². The van der Waals surface area contributed by atoms with Gasteiger partial charge in [-0.05, 0) is 32.0 Å². The van der Waals surface area contributed by atoms with Crippen molar-refractivity contribution in [3.8, 4) is 0 Å². The number of likely N-dealkylation sites (tertiary alicyclic amines) is 1. The third-order valence-corrected chi connectivity index (χ3v) is 7.11. The second-order valence-electron chi connectivity index (χ2n) is 9.37. The number of nitrogens with zero attached hydrogens (tertiary/aromatic N) is 4. The average molecular weight is 415 g/mol. The van der Waals surface area contributed by atoms with Gasteiger partial charge in [-0.25, -0.2) is 4.79 Å². The number of likely N-dealkylation sites (N-methyl/N-ethyl adjacent to an activating group) is 1. The Kier molecular flexibility index (Phi) is 6.96. The average Bonchev–Trinajstić information content (AvgIpc) is 3.05. The molecule has 3 aliphatic rings. The molecule has 0 saturated carbocycles. The molecule has 0 N–H and O–H groups in total. The first-order valence-corrected chi connectivity index (χ1v) is 11.8. The minimum atomic E-state index is -0.257. The van der Waals surface area contributed by atoms with E-state index in [0.29, 0.717) is 0 Å². The van der Waals surface area contributed by atoms with E-state index in [2.05, 4.69) is 52.8 Å². The molecule has 6 nitrogen and oxygen atoms in total. The molecular formula is C24H38N4O2. The molecule has 3 heterocycles. The molecule has 166 valence electrons. The van der Waals surface area contributed by atoms with Gasteiger partial charge in [-0.1, -0.05) is 36.8 Å². The highest BCUT2D eigenvalue weighted by Gasteiger charge is 2.46. The van der Waals surface area contributed by atoms with Gasteiger partial charge in [0.1, 0.15) is 5.60 Å². The van der Waals surface area contributed by atoms with E-state index >= 15 is 0 Å². The topological polar surface area (TPSA) is 39.3 Å². The summed E-state index contributed by atoms with van der Waals surface area (Å²) < 4.78 is 5.93. The molecule has 6 heteroatoms. The maximum atomic E-state index is 12.5. The Bertz CT molecular complexity index is 709. The summed E-state index contributed by atoms with van der Waals surface area (Å²) in [5.41, 5.74) is 2.43. The molecule has 0 atom stereocenters. The Balaban J connectivity index is 1.19. The van der Waals surface area contributed by atoms with Crippen LogP contribution in [0.15, 0.2) is 24.3 Å². The third-order valence-electron chi connectivity index (χ3n) is 7.11. The van der Waals surface area contributed by atoms with Crippen LogP contribution in [0.25, 0.3) is 0 Å². The Labute approximate surface area is 181 Å². The number of hydrogen-bond donors (Lipinski definition) is 0. The Hall–Kier alpha value is -1.63. The minimum Gasteiger partial charge on any atom is -0.441 e. The molecule has 1 aromatic rings. The Morgan fingerprint density at radius 3 is 2.40 bits per heavy atom. The van der Waals surface area contributed by atoms with E-state index in [0.717, 1.165) is 78.2 Å². The summed E-state index contributed by atoms with van der Waals surface area (Å²) >= 11 is 0. The fraction of sp³-hybridized carbons (Fsp3) is 0.708. The number of rotatable bonds is 7. The predicted molar refractivity (Wildman–Crippen MR) is 120 cm³/mol. The van der Waals surface area contributed by atoms with Crippen molar-refractivity contribution in [3.05, 3.63) is 35.4 Å².